The highest BCUT2D eigenvalue weighted by molar-refractivity contribution is 6.05. The van der Waals surface area contributed by atoms with E-state index in [2.05, 4.69) is 15.6 Å². The maximum Gasteiger partial charge on any atom is 0.203 e. The van der Waals surface area contributed by atoms with Crippen molar-refractivity contribution >= 4 is 17.3 Å². The third kappa shape index (κ3) is 4.37. The van der Waals surface area contributed by atoms with E-state index < -0.39 is 0 Å². The molecule has 1 aliphatic heterocycles. The van der Waals surface area contributed by atoms with Crippen LogP contribution >= 0.6 is 0 Å². The quantitative estimate of drug-likeness (QED) is 0.427. The molecule has 2 heterocycles. The smallest absolute Gasteiger partial charge is 0.203 e. The minimum atomic E-state index is -0.192. The van der Waals surface area contributed by atoms with Gasteiger partial charge in [0.25, 0.3) is 0 Å². The van der Waals surface area contributed by atoms with Gasteiger partial charge >= 0.3 is 0 Å². The highest BCUT2D eigenvalue weighted by Gasteiger charge is 2.24. The molecule has 1 atom stereocenters. The lowest BCUT2D eigenvalue weighted by molar-refractivity contribution is 0.104. The Morgan fingerprint density at radius 3 is 2.38 bits per heavy atom. The first-order valence-electron chi connectivity index (χ1n) is 10.2. The minimum Gasteiger partial charge on any atom is -0.493 e. The molecule has 0 spiro atoms. The van der Waals surface area contributed by atoms with E-state index in [1.807, 2.05) is 42.5 Å². The number of fused-ring (bicyclic) bond motifs is 1. The molecule has 164 valence electrons. The van der Waals surface area contributed by atoms with E-state index in [0.717, 1.165) is 16.9 Å². The van der Waals surface area contributed by atoms with Crippen LogP contribution in [-0.2, 0) is 0 Å². The molecular formula is C25H25N3O4. The summed E-state index contributed by atoms with van der Waals surface area (Å²) in [5.74, 6) is 2.28. The Hall–Kier alpha value is -4.00. The number of nitrogens with zero attached hydrogens (tertiary/aromatic N) is 1. The fraction of sp³-hybridized carbons (Fsp3) is 0.200. The summed E-state index contributed by atoms with van der Waals surface area (Å²) in [5.41, 5.74) is 3.12. The molecule has 0 fully saturated rings. The summed E-state index contributed by atoms with van der Waals surface area (Å²) >= 11 is 0. The maximum absolute atomic E-state index is 12.9. The van der Waals surface area contributed by atoms with Crippen molar-refractivity contribution in [3.63, 3.8) is 0 Å². The van der Waals surface area contributed by atoms with Gasteiger partial charge in [0.15, 0.2) is 17.3 Å². The summed E-state index contributed by atoms with van der Waals surface area (Å²) < 4.78 is 16.5. The van der Waals surface area contributed by atoms with Crippen molar-refractivity contribution in [1.82, 2.24) is 4.98 Å². The first-order valence-corrected chi connectivity index (χ1v) is 10.2. The van der Waals surface area contributed by atoms with Crippen LogP contribution in [0.15, 0.2) is 72.6 Å². The average molecular weight is 431 g/mol. The van der Waals surface area contributed by atoms with Crippen molar-refractivity contribution in [2.45, 2.75) is 12.5 Å². The van der Waals surface area contributed by atoms with Crippen LogP contribution in [0.5, 0.6) is 17.2 Å². The number of anilines is 2. The number of hydrogen-bond acceptors (Lipinski definition) is 7. The molecule has 0 aliphatic carbocycles. The van der Waals surface area contributed by atoms with E-state index in [4.69, 9.17) is 14.2 Å². The summed E-state index contributed by atoms with van der Waals surface area (Å²) in [7, 11) is 4.75. The van der Waals surface area contributed by atoms with Crippen molar-refractivity contribution in [3.05, 3.63) is 83.7 Å². The van der Waals surface area contributed by atoms with Crippen molar-refractivity contribution < 1.29 is 19.0 Å². The Kier molecular flexibility index (Phi) is 6.26. The zero-order chi connectivity index (χ0) is 22.5. The van der Waals surface area contributed by atoms with Gasteiger partial charge in [0.1, 0.15) is 5.82 Å². The number of rotatable bonds is 6. The first-order chi connectivity index (χ1) is 15.6. The van der Waals surface area contributed by atoms with Crippen molar-refractivity contribution in [2.75, 3.05) is 32.0 Å². The Bertz CT molecular complexity index is 1120. The van der Waals surface area contributed by atoms with Crippen LogP contribution in [0.4, 0.5) is 11.5 Å². The second-order valence-electron chi connectivity index (χ2n) is 7.28. The molecule has 4 rings (SSSR count). The number of benzene rings is 2. The molecule has 0 saturated heterocycles. The van der Waals surface area contributed by atoms with E-state index in [-0.39, 0.29) is 11.8 Å². The summed E-state index contributed by atoms with van der Waals surface area (Å²) in [4.78, 5) is 17.3. The van der Waals surface area contributed by atoms with Crippen LogP contribution in [0.3, 0.4) is 0 Å². The monoisotopic (exact) mass is 431 g/mol. The van der Waals surface area contributed by atoms with Gasteiger partial charge in [0, 0.05) is 30.0 Å². The molecule has 1 aromatic heterocycles. The molecule has 2 N–H and O–H groups in total. The predicted molar refractivity (Wildman–Crippen MR) is 124 cm³/mol. The Labute approximate surface area is 187 Å². The third-order valence-corrected chi connectivity index (χ3v) is 5.29. The molecule has 0 bridgehead atoms. The lowest BCUT2D eigenvalue weighted by Crippen LogP contribution is -2.12. The number of methoxy groups -OCH3 is 3. The van der Waals surface area contributed by atoms with E-state index in [9.17, 15) is 4.79 Å². The van der Waals surface area contributed by atoms with Gasteiger partial charge < -0.3 is 24.8 Å². The van der Waals surface area contributed by atoms with Crippen LogP contribution in [0.2, 0.25) is 0 Å². The molecule has 32 heavy (non-hydrogen) atoms. The fourth-order valence-corrected chi connectivity index (χ4v) is 3.72. The number of carbonyl (C=O) groups excluding carboxylic acids is 1. The number of pyridine rings is 1. The number of nitrogens with one attached hydrogen (secondary N) is 2. The van der Waals surface area contributed by atoms with Crippen molar-refractivity contribution in [1.29, 1.82) is 0 Å². The van der Waals surface area contributed by atoms with Gasteiger partial charge in [0.05, 0.1) is 33.1 Å². The van der Waals surface area contributed by atoms with Gasteiger partial charge in [-0.2, -0.15) is 0 Å². The van der Waals surface area contributed by atoms with Crippen molar-refractivity contribution in [3.8, 4) is 17.2 Å². The second kappa shape index (κ2) is 9.43. The molecule has 0 saturated carbocycles. The first kappa shape index (κ1) is 21.2. The van der Waals surface area contributed by atoms with Crippen LogP contribution in [0.1, 0.15) is 28.4 Å². The molecule has 3 aromatic rings. The summed E-state index contributed by atoms with van der Waals surface area (Å²) in [6, 6.07) is 16.6. The molecule has 7 nitrogen and oxygen atoms in total. The van der Waals surface area contributed by atoms with Gasteiger partial charge in [-0.1, -0.05) is 30.3 Å². The molecular weight excluding hydrogens is 406 g/mol. The minimum absolute atomic E-state index is 0.0657. The van der Waals surface area contributed by atoms with Gasteiger partial charge in [-0.25, -0.2) is 4.98 Å². The van der Waals surface area contributed by atoms with Gasteiger partial charge in [-0.15, -0.1) is 0 Å². The number of aromatic nitrogens is 1. The number of hydrogen-bond donors (Lipinski definition) is 2. The molecule has 1 aliphatic rings. The highest BCUT2D eigenvalue weighted by atomic mass is 16.5. The molecule has 2 aromatic carbocycles. The lowest BCUT2D eigenvalue weighted by Gasteiger charge is -2.21. The van der Waals surface area contributed by atoms with Gasteiger partial charge in [-0.3, -0.25) is 4.79 Å². The topological polar surface area (TPSA) is 81.7 Å². The second-order valence-corrected chi connectivity index (χ2v) is 7.28. The Morgan fingerprint density at radius 2 is 1.72 bits per heavy atom. The summed E-state index contributed by atoms with van der Waals surface area (Å²) in [6.07, 6.45) is 3.89. The number of carbonyl (C=O) groups is 1. The molecule has 1 unspecified atom stereocenters. The fourth-order valence-electron chi connectivity index (χ4n) is 3.72. The SMILES string of the molecule is COc1cc(C2C/C(=C\C(=O)c3ccccc3)Nc3cccnc3N2)cc(OC)c1OC. The van der Waals surface area contributed by atoms with Crippen LogP contribution in [0.25, 0.3) is 0 Å². The average Bonchev–Trinajstić information content (AvgIpc) is 3.02. The zero-order valence-corrected chi connectivity index (χ0v) is 18.2. The number of ether oxygens (including phenoxy) is 3. The molecule has 0 amide bonds. The zero-order valence-electron chi connectivity index (χ0n) is 18.2. The maximum atomic E-state index is 12.9. The summed E-state index contributed by atoms with van der Waals surface area (Å²) in [6.45, 7) is 0. The van der Waals surface area contributed by atoms with Crippen LogP contribution in [-0.4, -0.2) is 32.1 Å². The lowest BCUT2D eigenvalue weighted by atomic mass is 9.99. The number of allylic oxidation sites excluding steroid dienone is 1. The van der Waals surface area contributed by atoms with Gasteiger partial charge in [-0.05, 0) is 29.8 Å². The van der Waals surface area contributed by atoms with Crippen molar-refractivity contribution in [2.24, 2.45) is 0 Å². The Morgan fingerprint density at radius 1 is 1.00 bits per heavy atom. The third-order valence-electron chi connectivity index (χ3n) is 5.29. The van der Waals surface area contributed by atoms with Gasteiger partial charge in [0.2, 0.25) is 5.75 Å². The predicted octanol–water partition coefficient (Wildman–Crippen LogP) is 4.84. The van der Waals surface area contributed by atoms with E-state index in [1.165, 1.54) is 0 Å². The van der Waals surface area contributed by atoms with E-state index >= 15 is 0 Å². The normalized spacial score (nSPS) is 16.2. The number of ketones is 1. The highest BCUT2D eigenvalue weighted by Crippen LogP contribution is 2.42. The molecule has 7 heteroatoms. The molecule has 0 radical (unpaired) electrons. The van der Waals surface area contributed by atoms with E-state index in [1.54, 1.807) is 45.7 Å². The van der Waals surface area contributed by atoms with Crippen LogP contribution in [0, 0.1) is 0 Å². The summed E-state index contributed by atoms with van der Waals surface area (Å²) in [5, 5.41) is 6.85. The Balaban J connectivity index is 1.76. The van der Waals surface area contributed by atoms with Crippen LogP contribution < -0.4 is 24.8 Å². The standard InChI is InChI=1S/C25H25N3O4/c1-30-22-12-17(13-23(31-2)24(22)32-3)20-14-18(15-21(29)16-8-5-4-6-9-16)27-19-10-7-11-26-25(19)28-20/h4-13,15,20,27H,14H2,1-3H3,(H,26,28)/b18-15+. The largest absolute Gasteiger partial charge is 0.493 e. The van der Waals surface area contributed by atoms with E-state index in [0.29, 0.717) is 35.1 Å².